The van der Waals surface area contributed by atoms with Crippen LogP contribution in [0, 0.1) is 5.92 Å². The number of carbonyl (C=O) groups is 1. The van der Waals surface area contributed by atoms with Gasteiger partial charge >= 0.3 is 5.97 Å². The van der Waals surface area contributed by atoms with Crippen molar-refractivity contribution in [1.82, 2.24) is 5.32 Å². The van der Waals surface area contributed by atoms with Gasteiger partial charge in [-0.3, -0.25) is 0 Å². The topological polar surface area (TPSA) is 122 Å². The summed E-state index contributed by atoms with van der Waals surface area (Å²) in [5.41, 5.74) is 0.374. The number of anilines is 1. The van der Waals surface area contributed by atoms with Gasteiger partial charge in [-0.25, -0.2) is 18.4 Å². The summed E-state index contributed by atoms with van der Waals surface area (Å²) in [6.07, 6.45) is 4.68. The van der Waals surface area contributed by atoms with Crippen molar-refractivity contribution in [1.29, 1.82) is 0 Å². The lowest BCUT2D eigenvalue weighted by Crippen LogP contribution is -2.28. The molecule has 1 aromatic carbocycles. The summed E-state index contributed by atoms with van der Waals surface area (Å²) < 4.78 is 30.6. The van der Waals surface area contributed by atoms with Crippen LogP contribution in [0.3, 0.4) is 0 Å². The Morgan fingerprint density at radius 3 is 2.41 bits per heavy atom. The Bertz CT molecular complexity index is 784. The summed E-state index contributed by atoms with van der Waals surface area (Å²) in [6, 6.07) is 2.60. The van der Waals surface area contributed by atoms with E-state index in [-0.39, 0.29) is 22.1 Å². The summed E-state index contributed by atoms with van der Waals surface area (Å²) in [4.78, 5) is 13.4. The third kappa shape index (κ3) is 6.58. The number of nitrogens with one attached hydrogen (secondary N) is 1. The molecule has 8 nitrogen and oxygen atoms in total. The molecule has 0 spiro atoms. The van der Waals surface area contributed by atoms with Crippen LogP contribution in [0.1, 0.15) is 56.3 Å². The molecule has 0 saturated carbocycles. The average molecular weight is 428 g/mol. The molecule has 1 aromatic rings. The minimum atomic E-state index is -4.16. The lowest BCUT2D eigenvalue weighted by Gasteiger charge is -2.28. The molecule has 0 amide bonds. The van der Waals surface area contributed by atoms with E-state index >= 15 is 0 Å². The number of ether oxygens (including phenoxy) is 1. The Kier molecular flexibility index (Phi) is 8.73. The molecule has 0 bridgehead atoms. The van der Waals surface area contributed by atoms with Gasteiger partial charge in [-0.15, -0.1) is 0 Å². The van der Waals surface area contributed by atoms with Crippen LogP contribution in [0.5, 0.6) is 5.75 Å². The monoisotopic (exact) mass is 427 g/mol. The third-order valence-corrected chi connectivity index (χ3v) is 6.03. The van der Waals surface area contributed by atoms with Crippen molar-refractivity contribution in [2.75, 3.05) is 37.7 Å². The fourth-order valence-electron chi connectivity index (χ4n) is 3.41. The maximum Gasteiger partial charge on any atom is 0.335 e. The van der Waals surface area contributed by atoms with Crippen LogP contribution in [0.4, 0.5) is 5.69 Å². The number of aromatic carboxylic acids is 1. The molecule has 0 aliphatic carbocycles. The third-order valence-electron chi connectivity index (χ3n) is 5.12. The van der Waals surface area contributed by atoms with E-state index in [4.69, 9.17) is 9.88 Å². The zero-order chi connectivity index (χ0) is 21.4. The van der Waals surface area contributed by atoms with E-state index < -0.39 is 16.0 Å². The Hall–Kier alpha value is -1.84. The fraction of sp³-hybridized carbons (Fsp3) is 0.650. The molecular formula is C20H33N3O5S. The Balaban J connectivity index is 2.54. The van der Waals surface area contributed by atoms with Gasteiger partial charge in [-0.1, -0.05) is 26.7 Å². The van der Waals surface area contributed by atoms with Gasteiger partial charge in [0.2, 0.25) is 10.0 Å². The summed E-state index contributed by atoms with van der Waals surface area (Å²) in [7, 11) is -4.16. The zero-order valence-electron chi connectivity index (χ0n) is 17.3. The molecule has 1 unspecified atom stereocenters. The molecule has 1 atom stereocenters. The van der Waals surface area contributed by atoms with E-state index in [2.05, 4.69) is 19.2 Å². The van der Waals surface area contributed by atoms with E-state index in [1.807, 2.05) is 4.90 Å². The second kappa shape index (κ2) is 10.8. The lowest BCUT2D eigenvalue weighted by molar-refractivity contribution is 0.0696. The average Bonchev–Trinajstić information content (AvgIpc) is 3.18. The first-order valence-corrected chi connectivity index (χ1v) is 11.8. The summed E-state index contributed by atoms with van der Waals surface area (Å²) in [5, 5.41) is 18.2. The van der Waals surface area contributed by atoms with Crippen molar-refractivity contribution < 1.29 is 23.1 Å². The second-order valence-electron chi connectivity index (χ2n) is 7.54. The van der Waals surface area contributed by atoms with Gasteiger partial charge in [-0.2, -0.15) is 0 Å². The van der Waals surface area contributed by atoms with E-state index in [9.17, 15) is 18.3 Å². The number of rotatable bonds is 12. The number of unbranched alkanes of at least 4 members (excludes halogenated alkanes) is 2. The van der Waals surface area contributed by atoms with Crippen LogP contribution < -0.4 is 20.1 Å². The van der Waals surface area contributed by atoms with Gasteiger partial charge < -0.3 is 20.1 Å². The first-order chi connectivity index (χ1) is 13.8. The molecular weight excluding hydrogens is 394 g/mol. The number of hydrogen-bond acceptors (Lipinski definition) is 6. The molecule has 29 heavy (non-hydrogen) atoms. The number of nitrogens with zero attached hydrogens (tertiary/aromatic N) is 1. The number of carboxylic acids is 1. The summed E-state index contributed by atoms with van der Waals surface area (Å²) in [6.45, 7) is 7.58. The lowest BCUT2D eigenvalue weighted by atomic mass is 10.1. The predicted molar refractivity (Wildman–Crippen MR) is 113 cm³/mol. The van der Waals surface area contributed by atoms with Gasteiger partial charge in [0, 0.05) is 25.6 Å². The van der Waals surface area contributed by atoms with Gasteiger partial charge in [0.25, 0.3) is 0 Å². The molecule has 1 aliphatic heterocycles. The Labute approximate surface area is 173 Å². The number of carboxylic acid groups (broad SMARTS) is 1. The van der Waals surface area contributed by atoms with Crippen LogP contribution in [0.15, 0.2) is 17.0 Å². The maximum absolute atomic E-state index is 12.3. The Morgan fingerprint density at radius 1 is 1.28 bits per heavy atom. The van der Waals surface area contributed by atoms with Crippen molar-refractivity contribution in [3.05, 3.63) is 17.7 Å². The SMILES string of the molecule is CCCCN(CCCC)c1cc(C(=O)O)cc(S(N)(=O)=O)c1OCC1CCNC1. The van der Waals surface area contributed by atoms with Crippen LogP contribution in [-0.2, 0) is 10.0 Å². The summed E-state index contributed by atoms with van der Waals surface area (Å²) in [5.74, 6) is -0.764. The smallest absolute Gasteiger partial charge is 0.335 e. The highest BCUT2D eigenvalue weighted by atomic mass is 32.2. The molecule has 0 aromatic heterocycles. The first-order valence-electron chi connectivity index (χ1n) is 10.3. The standard InChI is InChI=1S/C20H33N3O5S/c1-3-5-9-23(10-6-4-2)17-11-16(20(24)25)12-18(29(21,26)27)19(17)28-14-15-7-8-22-13-15/h11-12,15,22H,3-10,13-14H2,1-2H3,(H,24,25)(H2,21,26,27). The van der Waals surface area contributed by atoms with Gasteiger partial charge in [-0.05, 0) is 37.9 Å². The highest BCUT2D eigenvalue weighted by Gasteiger charge is 2.26. The number of primary sulfonamides is 1. The van der Waals surface area contributed by atoms with Crippen molar-refractivity contribution in [3.8, 4) is 5.75 Å². The van der Waals surface area contributed by atoms with E-state index in [1.54, 1.807) is 0 Å². The Morgan fingerprint density at radius 2 is 1.93 bits per heavy atom. The molecule has 2 rings (SSSR count). The second-order valence-corrected chi connectivity index (χ2v) is 9.07. The quantitative estimate of drug-likeness (QED) is 0.468. The molecule has 4 N–H and O–H groups in total. The van der Waals surface area contributed by atoms with Gasteiger partial charge in [0.05, 0.1) is 17.9 Å². The highest BCUT2D eigenvalue weighted by Crippen LogP contribution is 2.37. The minimum Gasteiger partial charge on any atom is -0.490 e. The fourth-order valence-corrected chi connectivity index (χ4v) is 4.12. The van der Waals surface area contributed by atoms with Crippen LogP contribution in [0.25, 0.3) is 0 Å². The largest absolute Gasteiger partial charge is 0.490 e. The molecule has 1 saturated heterocycles. The molecule has 1 aliphatic rings. The van der Waals surface area contributed by atoms with E-state index in [0.717, 1.165) is 51.3 Å². The zero-order valence-corrected chi connectivity index (χ0v) is 18.1. The normalized spacial score (nSPS) is 16.7. The van der Waals surface area contributed by atoms with Crippen LogP contribution in [-0.4, -0.2) is 52.3 Å². The molecule has 1 heterocycles. The van der Waals surface area contributed by atoms with E-state index in [1.165, 1.54) is 6.07 Å². The number of benzene rings is 1. The molecule has 9 heteroatoms. The van der Waals surface area contributed by atoms with Crippen molar-refractivity contribution in [2.45, 2.75) is 50.8 Å². The molecule has 164 valence electrons. The predicted octanol–water partition coefficient (Wildman–Crippen LogP) is 2.43. The molecule has 1 fully saturated rings. The van der Waals surface area contributed by atoms with Gasteiger partial charge in [0.15, 0.2) is 5.75 Å². The number of sulfonamides is 1. The van der Waals surface area contributed by atoms with Crippen LogP contribution >= 0.6 is 0 Å². The maximum atomic E-state index is 12.3. The molecule has 0 radical (unpaired) electrons. The highest BCUT2D eigenvalue weighted by molar-refractivity contribution is 7.89. The van der Waals surface area contributed by atoms with Crippen molar-refractivity contribution in [3.63, 3.8) is 0 Å². The van der Waals surface area contributed by atoms with Gasteiger partial charge in [0.1, 0.15) is 4.90 Å². The first kappa shape index (κ1) is 23.4. The minimum absolute atomic E-state index is 0.114. The van der Waals surface area contributed by atoms with Crippen molar-refractivity contribution in [2.24, 2.45) is 11.1 Å². The van der Waals surface area contributed by atoms with Crippen molar-refractivity contribution >= 4 is 21.7 Å². The summed E-state index contributed by atoms with van der Waals surface area (Å²) >= 11 is 0. The van der Waals surface area contributed by atoms with Crippen LogP contribution in [0.2, 0.25) is 0 Å². The number of hydrogen-bond donors (Lipinski definition) is 3. The number of nitrogens with two attached hydrogens (primary N) is 1. The van der Waals surface area contributed by atoms with E-state index in [0.29, 0.717) is 25.4 Å².